The van der Waals surface area contributed by atoms with Crippen molar-refractivity contribution in [3.05, 3.63) is 0 Å². The molecular formula is C17H34N2O4. The molecule has 1 heterocycles. The van der Waals surface area contributed by atoms with Gasteiger partial charge in [0.25, 0.3) is 0 Å². The van der Waals surface area contributed by atoms with Gasteiger partial charge < -0.3 is 24.8 Å². The molecule has 0 aromatic heterocycles. The van der Waals surface area contributed by atoms with E-state index in [2.05, 4.69) is 26.1 Å². The third-order valence-electron chi connectivity index (χ3n) is 3.98. The molecule has 1 saturated heterocycles. The Morgan fingerprint density at radius 3 is 2.57 bits per heavy atom. The van der Waals surface area contributed by atoms with Gasteiger partial charge in [-0.2, -0.15) is 0 Å². The smallest absolute Gasteiger partial charge is 0.410 e. The molecule has 1 rings (SSSR count). The Kier molecular flexibility index (Phi) is 7.77. The van der Waals surface area contributed by atoms with Crippen LogP contribution in [0.15, 0.2) is 0 Å². The number of nitrogens with one attached hydrogen (secondary N) is 1. The molecule has 0 saturated carbocycles. The van der Waals surface area contributed by atoms with Gasteiger partial charge in [0.15, 0.2) is 0 Å². The van der Waals surface area contributed by atoms with Gasteiger partial charge in [-0.1, -0.05) is 13.8 Å². The monoisotopic (exact) mass is 330 g/mol. The van der Waals surface area contributed by atoms with E-state index in [1.54, 1.807) is 4.90 Å². The summed E-state index contributed by atoms with van der Waals surface area (Å²) in [5.41, 5.74) is -0.497. The molecule has 0 spiro atoms. The van der Waals surface area contributed by atoms with Crippen molar-refractivity contribution in [2.45, 2.75) is 71.7 Å². The molecule has 0 aromatic carbocycles. The van der Waals surface area contributed by atoms with Gasteiger partial charge in [0, 0.05) is 18.6 Å². The predicted molar refractivity (Wildman–Crippen MR) is 90.5 cm³/mol. The molecule has 6 heteroatoms. The van der Waals surface area contributed by atoms with Crippen LogP contribution in [0.25, 0.3) is 0 Å². The van der Waals surface area contributed by atoms with E-state index in [9.17, 15) is 9.90 Å². The number of carbonyl (C=O) groups is 1. The van der Waals surface area contributed by atoms with Crippen LogP contribution >= 0.6 is 0 Å². The van der Waals surface area contributed by atoms with E-state index in [0.29, 0.717) is 25.7 Å². The fourth-order valence-corrected chi connectivity index (χ4v) is 2.71. The molecule has 0 aromatic rings. The van der Waals surface area contributed by atoms with E-state index in [1.807, 2.05) is 20.8 Å². The number of hydrogen-bond donors (Lipinski definition) is 2. The van der Waals surface area contributed by atoms with Gasteiger partial charge in [0.05, 0.1) is 25.9 Å². The first-order valence-electron chi connectivity index (χ1n) is 8.58. The molecule has 6 nitrogen and oxygen atoms in total. The van der Waals surface area contributed by atoms with Crippen LogP contribution in [0.2, 0.25) is 0 Å². The second-order valence-electron chi connectivity index (χ2n) is 7.74. The minimum atomic E-state index is -0.497. The topological polar surface area (TPSA) is 71.0 Å². The minimum absolute atomic E-state index is 0.00685. The van der Waals surface area contributed by atoms with Crippen molar-refractivity contribution in [2.24, 2.45) is 5.92 Å². The maximum atomic E-state index is 12.4. The van der Waals surface area contributed by atoms with Gasteiger partial charge in [0.2, 0.25) is 0 Å². The molecule has 136 valence electrons. The molecule has 1 fully saturated rings. The third kappa shape index (κ3) is 7.06. The molecule has 1 amide bonds. The average molecular weight is 330 g/mol. The zero-order valence-electron chi connectivity index (χ0n) is 15.5. The van der Waals surface area contributed by atoms with Crippen molar-refractivity contribution in [1.82, 2.24) is 10.2 Å². The number of carbonyl (C=O) groups excluding carboxylic acids is 1. The molecule has 23 heavy (non-hydrogen) atoms. The van der Waals surface area contributed by atoms with Crippen LogP contribution in [-0.4, -0.2) is 66.2 Å². The van der Waals surface area contributed by atoms with E-state index in [-0.39, 0.29) is 30.8 Å². The fraction of sp³-hybridized carbons (Fsp3) is 0.941. The normalized spacial score (nSPS) is 22.1. The Labute approximate surface area is 140 Å². The first-order chi connectivity index (χ1) is 10.6. The summed E-state index contributed by atoms with van der Waals surface area (Å²) < 4.78 is 11.0. The molecular weight excluding hydrogens is 296 g/mol. The van der Waals surface area contributed by atoms with Crippen LogP contribution in [0, 0.1) is 5.92 Å². The lowest BCUT2D eigenvalue weighted by Crippen LogP contribution is -2.53. The fourth-order valence-electron chi connectivity index (χ4n) is 2.71. The lowest BCUT2D eigenvalue weighted by Gasteiger charge is -2.38. The molecule has 3 unspecified atom stereocenters. The van der Waals surface area contributed by atoms with Crippen molar-refractivity contribution >= 4 is 6.09 Å². The summed E-state index contributed by atoms with van der Waals surface area (Å²) in [5, 5.41) is 12.9. The van der Waals surface area contributed by atoms with Crippen LogP contribution in [0.1, 0.15) is 48.0 Å². The number of hydrogen-bond acceptors (Lipinski definition) is 5. The maximum Gasteiger partial charge on any atom is 0.410 e. The van der Waals surface area contributed by atoms with Gasteiger partial charge in [-0.25, -0.2) is 4.79 Å². The quantitative estimate of drug-likeness (QED) is 0.779. The lowest BCUT2D eigenvalue weighted by molar-refractivity contribution is -0.0360. The predicted octanol–water partition coefficient (Wildman–Crippen LogP) is 2.01. The standard InChI is InChI=1S/C17H34N2O4/c1-12(2)15(10-20)18-13(3)9-14-11-22-8-7-19(14)16(21)23-17(4,5)6/h12-15,18,20H,7-11H2,1-6H3. The number of ether oxygens (including phenoxy) is 2. The summed E-state index contributed by atoms with van der Waals surface area (Å²) in [7, 11) is 0. The van der Waals surface area contributed by atoms with Crippen molar-refractivity contribution in [3.8, 4) is 0 Å². The van der Waals surface area contributed by atoms with Gasteiger partial charge in [-0.05, 0) is 40.0 Å². The van der Waals surface area contributed by atoms with E-state index in [0.717, 1.165) is 6.42 Å². The largest absolute Gasteiger partial charge is 0.444 e. The summed E-state index contributed by atoms with van der Waals surface area (Å²) in [5.74, 6) is 0.354. The van der Waals surface area contributed by atoms with Crippen LogP contribution in [-0.2, 0) is 9.47 Å². The highest BCUT2D eigenvalue weighted by molar-refractivity contribution is 5.68. The second kappa shape index (κ2) is 8.85. The third-order valence-corrected chi connectivity index (χ3v) is 3.98. The highest BCUT2D eigenvalue weighted by atomic mass is 16.6. The molecule has 2 N–H and O–H groups in total. The summed E-state index contributed by atoms with van der Waals surface area (Å²) in [6.45, 7) is 13.6. The molecule has 1 aliphatic rings. The minimum Gasteiger partial charge on any atom is -0.444 e. The average Bonchev–Trinajstić information content (AvgIpc) is 2.43. The highest BCUT2D eigenvalue weighted by Crippen LogP contribution is 2.18. The summed E-state index contributed by atoms with van der Waals surface area (Å²) in [6.07, 6.45) is 0.489. The van der Waals surface area contributed by atoms with Crippen LogP contribution < -0.4 is 5.32 Å². The molecule has 3 atom stereocenters. The molecule has 0 bridgehead atoms. The van der Waals surface area contributed by atoms with Gasteiger partial charge in [-0.15, -0.1) is 0 Å². The number of aliphatic hydroxyl groups is 1. The Hall–Kier alpha value is -0.850. The number of nitrogens with zero attached hydrogens (tertiary/aromatic N) is 1. The number of rotatable bonds is 6. The van der Waals surface area contributed by atoms with Crippen molar-refractivity contribution in [3.63, 3.8) is 0 Å². The van der Waals surface area contributed by atoms with Crippen LogP contribution in [0.3, 0.4) is 0 Å². The Balaban J connectivity index is 2.62. The van der Waals surface area contributed by atoms with Gasteiger partial charge >= 0.3 is 6.09 Å². The number of amides is 1. The summed E-state index contributed by atoms with van der Waals surface area (Å²) in [4.78, 5) is 14.2. The Bertz CT molecular complexity index is 368. The summed E-state index contributed by atoms with van der Waals surface area (Å²) in [6, 6.07) is 0.225. The van der Waals surface area contributed by atoms with E-state index in [4.69, 9.17) is 9.47 Å². The molecule has 1 aliphatic heterocycles. The van der Waals surface area contributed by atoms with E-state index >= 15 is 0 Å². The van der Waals surface area contributed by atoms with Gasteiger partial charge in [0.1, 0.15) is 5.60 Å². The lowest BCUT2D eigenvalue weighted by atomic mass is 10.0. The second-order valence-corrected chi connectivity index (χ2v) is 7.74. The highest BCUT2D eigenvalue weighted by Gasteiger charge is 2.32. The van der Waals surface area contributed by atoms with Crippen molar-refractivity contribution in [1.29, 1.82) is 0 Å². The first-order valence-corrected chi connectivity index (χ1v) is 8.58. The van der Waals surface area contributed by atoms with Crippen LogP contribution in [0.4, 0.5) is 4.79 Å². The molecule has 0 radical (unpaired) electrons. The Morgan fingerprint density at radius 1 is 1.39 bits per heavy atom. The SMILES string of the molecule is CC(CC1COCCN1C(=O)OC(C)(C)C)NC(CO)C(C)C. The van der Waals surface area contributed by atoms with Crippen molar-refractivity contribution < 1.29 is 19.4 Å². The first kappa shape index (κ1) is 20.2. The van der Waals surface area contributed by atoms with Crippen molar-refractivity contribution in [2.75, 3.05) is 26.4 Å². The Morgan fingerprint density at radius 2 is 2.04 bits per heavy atom. The van der Waals surface area contributed by atoms with Gasteiger partial charge in [-0.3, -0.25) is 0 Å². The summed E-state index contributed by atoms with van der Waals surface area (Å²) >= 11 is 0. The van der Waals surface area contributed by atoms with E-state index in [1.165, 1.54) is 0 Å². The maximum absolute atomic E-state index is 12.4. The zero-order chi connectivity index (χ0) is 17.6. The van der Waals surface area contributed by atoms with Crippen LogP contribution in [0.5, 0.6) is 0 Å². The zero-order valence-corrected chi connectivity index (χ0v) is 15.5. The number of aliphatic hydroxyl groups excluding tert-OH is 1. The van der Waals surface area contributed by atoms with E-state index < -0.39 is 5.60 Å². The number of morpholine rings is 1. The molecule has 0 aliphatic carbocycles.